The first-order chi connectivity index (χ1) is 14.8. The predicted octanol–water partition coefficient (Wildman–Crippen LogP) is 3.75. The van der Waals surface area contributed by atoms with Crippen molar-refractivity contribution in [3.8, 4) is 0 Å². The van der Waals surface area contributed by atoms with Crippen molar-refractivity contribution >= 4 is 29.2 Å². The molecule has 0 radical (unpaired) electrons. The van der Waals surface area contributed by atoms with E-state index in [-0.39, 0.29) is 40.5 Å². The van der Waals surface area contributed by atoms with Gasteiger partial charge in [-0.15, -0.1) is 0 Å². The van der Waals surface area contributed by atoms with E-state index in [0.717, 1.165) is 11.6 Å². The number of nitrogens with zero attached hydrogens (tertiary/aromatic N) is 3. The molecule has 31 heavy (non-hydrogen) atoms. The van der Waals surface area contributed by atoms with Gasteiger partial charge in [-0.25, -0.2) is 4.39 Å². The number of hydrogen-bond donors (Lipinski definition) is 1. The molecule has 0 aromatic heterocycles. The van der Waals surface area contributed by atoms with Crippen molar-refractivity contribution in [3.63, 3.8) is 0 Å². The number of non-ortho nitro benzene ring substituents is 1. The zero-order valence-corrected chi connectivity index (χ0v) is 17.3. The third-order valence-electron chi connectivity index (χ3n) is 5.32. The Morgan fingerprint density at radius 3 is 2.32 bits per heavy atom. The fourth-order valence-electron chi connectivity index (χ4n) is 3.70. The number of aliphatic carboxylic acids is 1. The van der Waals surface area contributed by atoms with Gasteiger partial charge in [0.15, 0.2) is 0 Å². The Labute approximate surface area is 183 Å². The van der Waals surface area contributed by atoms with Crippen molar-refractivity contribution in [2.24, 2.45) is 0 Å². The number of hydrogen-bond acceptors (Lipinski definition) is 5. The van der Waals surface area contributed by atoms with Gasteiger partial charge in [0, 0.05) is 50.8 Å². The van der Waals surface area contributed by atoms with Crippen molar-refractivity contribution in [2.75, 3.05) is 26.2 Å². The lowest BCUT2D eigenvalue weighted by Gasteiger charge is -2.39. The minimum Gasteiger partial charge on any atom is -0.481 e. The van der Waals surface area contributed by atoms with E-state index < -0.39 is 10.9 Å². The van der Waals surface area contributed by atoms with Crippen molar-refractivity contribution in [1.29, 1.82) is 0 Å². The molecular weight excluding hydrogens is 429 g/mol. The monoisotopic (exact) mass is 449 g/mol. The maximum Gasteiger partial charge on any atom is 0.303 e. The Morgan fingerprint density at radius 1 is 1.13 bits per heavy atom. The molecule has 10 heteroatoms. The van der Waals surface area contributed by atoms with Gasteiger partial charge >= 0.3 is 5.97 Å². The Balaban J connectivity index is 1.69. The smallest absolute Gasteiger partial charge is 0.303 e. The van der Waals surface area contributed by atoms with E-state index in [1.54, 1.807) is 17.0 Å². The van der Waals surface area contributed by atoms with Crippen LogP contribution in [0.2, 0.25) is 5.02 Å². The molecule has 3 rings (SSSR count). The lowest BCUT2D eigenvalue weighted by molar-refractivity contribution is -0.384. The number of halogens is 2. The van der Waals surface area contributed by atoms with Crippen molar-refractivity contribution < 1.29 is 24.0 Å². The maximum atomic E-state index is 13.3. The number of nitro groups is 1. The van der Waals surface area contributed by atoms with Crippen LogP contribution in [0.3, 0.4) is 0 Å². The summed E-state index contributed by atoms with van der Waals surface area (Å²) >= 11 is 6.08. The van der Waals surface area contributed by atoms with Gasteiger partial charge in [-0.1, -0.05) is 23.7 Å². The van der Waals surface area contributed by atoms with Crippen LogP contribution in [0.15, 0.2) is 42.5 Å². The average Bonchev–Trinajstić information content (AvgIpc) is 2.74. The molecule has 8 nitrogen and oxygen atoms in total. The molecule has 1 fully saturated rings. The van der Waals surface area contributed by atoms with E-state index in [1.165, 1.54) is 24.3 Å². The number of rotatable bonds is 7. The normalized spacial score (nSPS) is 15.5. The number of carbonyl (C=O) groups excluding carboxylic acids is 1. The highest BCUT2D eigenvalue weighted by atomic mass is 35.5. The molecule has 0 spiro atoms. The number of carbonyl (C=O) groups is 2. The summed E-state index contributed by atoms with van der Waals surface area (Å²) in [6.45, 7) is 1.77. The van der Waals surface area contributed by atoms with Gasteiger partial charge in [-0.05, 0) is 30.2 Å². The Morgan fingerprint density at radius 2 is 1.77 bits per heavy atom. The third-order valence-corrected chi connectivity index (χ3v) is 5.64. The van der Waals surface area contributed by atoms with Gasteiger partial charge in [0.2, 0.25) is 0 Å². The number of carboxylic acid groups (broad SMARTS) is 1. The molecule has 2 aromatic carbocycles. The molecule has 1 aliphatic rings. The zero-order chi connectivity index (χ0) is 22.5. The molecule has 0 unspecified atom stereocenters. The number of benzene rings is 2. The second-order valence-electron chi connectivity index (χ2n) is 7.25. The molecule has 0 saturated carbocycles. The van der Waals surface area contributed by atoms with Gasteiger partial charge in [0.1, 0.15) is 5.82 Å². The Kier molecular flexibility index (Phi) is 7.19. The molecule has 1 aliphatic heterocycles. The number of amides is 1. The average molecular weight is 450 g/mol. The van der Waals surface area contributed by atoms with Crippen LogP contribution in [0.4, 0.5) is 10.1 Å². The van der Waals surface area contributed by atoms with Crippen molar-refractivity contribution in [3.05, 3.63) is 74.5 Å². The number of carboxylic acids is 1. The molecule has 1 N–H and O–H groups in total. The lowest BCUT2D eigenvalue weighted by atomic mass is 9.99. The summed E-state index contributed by atoms with van der Waals surface area (Å²) in [5, 5.41) is 20.0. The molecule has 1 atom stereocenters. The van der Waals surface area contributed by atoms with Gasteiger partial charge in [-0.2, -0.15) is 0 Å². The first-order valence-corrected chi connectivity index (χ1v) is 10.1. The summed E-state index contributed by atoms with van der Waals surface area (Å²) in [6.07, 6.45) is 0.336. The Hall–Kier alpha value is -3.04. The van der Waals surface area contributed by atoms with Gasteiger partial charge < -0.3 is 10.0 Å². The maximum absolute atomic E-state index is 13.3. The Bertz CT molecular complexity index is 977. The minimum atomic E-state index is -0.909. The van der Waals surface area contributed by atoms with Crippen LogP contribution < -0.4 is 0 Å². The topological polar surface area (TPSA) is 104 Å². The van der Waals surface area contributed by atoms with E-state index in [4.69, 9.17) is 16.7 Å². The molecule has 1 saturated heterocycles. The second-order valence-corrected chi connectivity index (χ2v) is 7.66. The SMILES string of the molecule is O=C(O)CC[C@H](c1ccc(F)cc1)N1CCN(C(=O)c2ccc([N+](=O)[O-])cc2Cl)CC1. The standard InChI is InChI=1S/C21H21ClFN3O5/c22-18-13-16(26(30)31)5-6-17(18)21(29)25-11-9-24(10-12-25)19(7-8-20(27)28)14-1-3-15(23)4-2-14/h1-6,13,19H,7-12H2,(H,27,28)/t19-/m1/s1. The quantitative estimate of drug-likeness (QED) is 0.510. The molecule has 1 amide bonds. The highest BCUT2D eigenvalue weighted by Crippen LogP contribution is 2.29. The number of nitro benzene ring substituents is 1. The molecular formula is C21H21ClFN3O5. The van der Waals surface area contributed by atoms with E-state index in [1.807, 2.05) is 0 Å². The zero-order valence-electron chi connectivity index (χ0n) is 16.5. The van der Waals surface area contributed by atoms with E-state index in [0.29, 0.717) is 32.6 Å². The predicted molar refractivity (Wildman–Crippen MR) is 112 cm³/mol. The summed E-state index contributed by atoms with van der Waals surface area (Å²) in [6, 6.07) is 9.53. The molecule has 0 bridgehead atoms. The van der Waals surface area contributed by atoms with Gasteiger partial charge in [0.05, 0.1) is 15.5 Å². The fraction of sp³-hybridized carbons (Fsp3) is 0.333. The molecule has 1 heterocycles. The third kappa shape index (κ3) is 5.56. The van der Waals surface area contributed by atoms with Crippen LogP contribution in [0.1, 0.15) is 34.8 Å². The van der Waals surface area contributed by atoms with E-state index in [2.05, 4.69) is 4.90 Å². The van der Waals surface area contributed by atoms with Crippen molar-refractivity contribution in [1.82, 2.24) is 9.80 Å². The van der Waals surface area contributed by atoms with Crippen LogP contribution in [-0.4, -0.2) is 57.9 Å². The molecule has 2 aromatic rings. The molecule has 164 valence electrons. The molecule has 0 aliphatic carbocycles. The highest BCUT2D eigenvalue weighted by Gasteiger charge is 2.29. The van der Waals surface area contributed by atoms with Crippen LogP contribution in [0.25, 0.3) is 0 Å². The van der Waals surface area contributed by atoms with Crippen LogP contribution in [-0.2, 0) is 4.79 Å². The first kappa shape index (κ1) is 22.6. The number of piperazine rings is 1. The summed E-state index contributed by atoms with van der Waals surface area (Å²) < 4.78 is 13.3. The second kappa shape index (κ2) is 9.84. The summed E-state index contributed by atoms with van der Waals surface area (Å²) in [5.74, 6) is -1.59. The first-order valence-electron chi connectivity index (χ1n) is 9.71. The van der Waals surface area contributed by atoms with Gasteiger partial charge in [-0.3, -0.25) is 24.6 Å². The van der Waals surface area contributed by atoms with Crippen molar-refractivity contribution in [2.45, 2.75) is 18.9 Å². The fourth-order valence-corrected chi connectivity index (χ4v) is 3.96. The summed E-state index contributed by atoms with van der Waals surface area (Å²) in [5.41, 5.74) is 0.828. The summed E-state index contributed by atoms with van der Waals surface area (Å²) in [7, 11) is 0. The largest absolute Gasteiger partial charge is 0.481 e. The lowest BCUT2D eigenvalue weighted by Crippen LogP contribution is -2.49. The van der Waals surface area contributed by atoms with E-state index >= 15 is 0 Å². The summed E-state index contributed by atoms with van der Waals surface area (Å²) in [4.78, 5) is 37.9. The van der Waals surface area contributed by atoms with Crippen LogP contribution >= 0.6 is 11.6 Å². The highest BCUT2D eigenvalue weighted by molar-refractivity contribution is 6.34. The van der Waals surface area contributed by atoms with Gasteiger partial charge in [0.25, 0.3) is 11.6 Å². The van der Waals surface area contributed by atoms with Crippen LogP contribution in [0, 0.1) is 15.9 Å². The van der Waals surface area contributed by atoms with E-state index in [9.17, 15) is 24.1 Å². The minimum absolute atomic E-state index is 0.0206. The van der Waals surface area contributed by atoms with Crippen LogP contribution in [0.5, 0.6) is 0 Å².